The Morgan fingerprint density at radius 1 is 1.00 bits per heavy atom. The Bertz CT molecular complexity index is 1410. The second-order valence-corrected chi connectivity index (χ2v) is 8.53. The highest BCUT2D eigenvalue weighted by Gasteiger charge is 2.32. The number of likely N-dealkylation sites (N-methyl/N-ethyl adjacent to an activating group) is 1. The first-order chi connectivity index (χ1) is 17.0. The molecule has 0 unspecified atom stereocenters. The van der Waals surface area contributed by atoms with E-state index in [0.29, 0.717) is 6.54 Å². The molecule has 4 aromatic rings. The third-order valence-electron chi connectivity index (χ3n) is 5.77. The van der Waals surface area contributed by atoms with Gasteiger partial charge in [-0.3, -0.25) is 14.3 Å². The lowest BCUT2D eigenvalue weighted by Gasteiger charge is -2.15. The van der Waals surface area contributed by atoms with Crippen molar-refractivity contribution in [2.45, 2.75) is 33.1 Å². The van der Waals surface area contributed by atoms with Crippen molar-refractivity contribution < 1.29 is 22.8 Å². The SMILES string of the molecule is Cc1nn(-c2cccc(C(F)(F)F)c2)c(C)c1C(=O)C(=O)N(C)Cc1cnn(Cc2ccccc2)c1. The van der Waals surface area contributed by atoms with Gasteiger partial charge in [-0.25, -0.2) is 4.68 Å². The van der Waals surface area contributed by atoms with E-state index >= 15 is 0 Å². The molecule has 0 aliphatic heterocycles. The quantitative estimate of drug-likeness (QED) is 0.278. The van der Waals surface area contributed by atoms with Crippen molar-refractivity contribution in [3.05, 3.63) is 101 Å². The molecule has 0 aliphatic rings. The van der Waals surface area contributed by atoms with Gasteiger partial charge in [0, 0.05) is 25.4 Å². The van der Waals surface area contributed by atoms with Crippen molar-refractivity contribution in [1.82, 2.24) is 24.5 Å². The molecule has 7 nitrogen and oxygen atoms in total. The van der Waals surface area contributed by atoms with Gasteiger partial charge in [-0.05, 0) is 37.6 Å². The number of ketones is 1. The number of hydrogen-bond donors (Lipinski definition) is 0. The summed E-state index contributed by atoms with van der Waals surface area (Å²) in [6.07, 6.45) is -1.07. The summed E-state index contributed by atoms with van der Waals surface area (Å²) in [4.78, 5) is 27.3. The van der Waals surface area contributed by atoms with Crippen molar-refractivity contribution in [3.63, 3.8) is 0 Å². The number of halogens is 3. The molecule has 0 spiro atoms. The van der Waals surface area contributed by atoms with Crippen LogP contribution in [0.4, 0.5) is 13.2 Å². The van der Waals surface area contributed by atoms with Crippen molar-refractivity contribution in [3.8, 4) is 5.69 Å². The molecule has 36 heavy (non-hydrogen) atoms. The molecule has 0 atom stereocenters. The van der Waals surface area contributed by atoms with Gasteiger partial charge in [-0.2, -0.15) is 23.4 Å². The first kappa shape index (κ1) is 24.9. The summed E-state index contributed by atoms with van der Waals surface area (Å²) in [5, 5.41) is 8.55. The summed E-state index contributed by atoms with van der Waals surface area (Å²) in [6.45, 7) is 3.84. The van der Waals surface area contributed by atoms with Crippen LogP contribution in [0.5, 0.6) is 0 Å². The molecule has 0 N–H and O–H groups in total. The average Bonchev–Trinajstić information content (AvgIpc) is 3.40. The number of alkyl halides is 3. The summed E-state index contributed by atoms with van der Waals surface area (Å²) >= 11 is 0. The van der Waals surface area contributed by atoms with E-state index in [4.69, 9.17) is 0 Å². The molecule has 2 aromatic carbocycles. The van der Waals surface area contributed by atoms with Gasteiger partial charge in [-0.1, -0.05) is 36.4 Å². The number of hydrogen-bond acceptors (Lipinski definition) is 4. The van der Waals surface area contributed by atoms with Crippen molar-refractivity contribution in [2.24, 2.45) is 0 Å². The molecule has 0 saturated carbocycles. The van der Waals surface area contributed by atoms with Crippen LogP contribution in [0.3, 0.4) is 0 Å². The molecule has 1 amide bonds. The van der Waals surface area contributed by atoms with Gasteiger partial charge in [0.05, 0.1) is 40.9 Å². The minimum Gasteiger partial charge on any atom is -0.334 e. The Kier molecular flexibility index (Phi) is 6.78. The molecule has 186 valence electrons. The number of carbonyl (C=O) groups excluding carboxylic acids is 2. The fraction of sp³-hybridized carbons (Fsp3) is 0.231. The first-order valence-electron chi connectivity index (χ1n) is 11.1. The van der Waals surface area contributed by atoms with Crippen LogP contribution in [-0.4, -0.2) is 43.2 Å². The van der Waals surface area contributed by atoms with Crippen LogP contribution >= 0.6 is 0 Å². The smallest absolute Gasteiger partial charge is 0.334 e. The fourth-order valence-corrected chi connectivity index (χ4v) is 4.01. The number of rotatable bonds is 7. The number of aromatic nitrogens is 4. The highest BCUT2D eigenvalue weighted by Crippen LogP contribution is 2.31. The molecule has 0 fully saturated rings. The number of benzene rings is 2. The van der Waals surface area contributed by atoms with Crippen LogP contribution in [0.25, 0.3) is 5.69 Å². The molecule has 0 aliphatic carbocycles. The van der Waals surface area contributed by atoms with Gasteiger partial charge in [0.1, 0.15) is 0 Å². The summed E-state index contributed by atoms with van der Waals surface area (Å²) in [5.41, 5.74) is 1.77. The van der Waals surface area contributed by atoms with Gasteiger partial charge in [-0.15, -0.1) is 0 Å². The monoisotopic (exact) mass is 495 g/mol. The molecule has 4 rings (SSSR count). The van der Waals surface area contributed by atoms with Gasteiger partial charge < -0.3 is 4.90 Å². The zero-order valence-corrected chi connectivity index (χ0v) is 20.0. The normalized spacial score (nSPS) is 11.5. The maximum Gasteiger partial charge on any atom is 0.416 e. The number of carbonyl (C=O) groups is 2. The van der Waals surface area contributed by atoms with Gasteiger partial charge >= 0.3 is 6.18 Å². The predicted molar refractivity (Wildman–Crippen MR) is 127 cm³/mol. The Morgan fingerprint density at radius 3 is 2.42 bits per heavy atom. The van der Waals surface area contributed by atoms with E-state index in [0.717, 1.165) is 23.3 Å². The number of amides is 1. The fourth-order valence-electron chi connectivity index (χ4n) is 4.01. The van der Waals surface area contributed by atoms with Crippen LogP contribution in [0.1, 0.15) is 38.4 Å². The highest BCUT2D eigenvalue weighted by atomic mass is 19.4. The van der Waals surface area contributed by atoms with Crippen molar-refractivity contribution in [1.29, 1.82) is 0 Å². The molecule has 0 bridgehead atoms. The van der Waals surface area contributed by atoms with Crippen LogP contribution in [0.2, 0.25) is 0 Å². The van der Waals surface area contributed by atoms with E-state index in [1.54, 1.807) is 24.7 Å². The number of Topliss-reactive ketones (excluding diaryl/α,β-unsaturated/α-hetero) is 1. The summed E-state index contributed by atoms with van der Waals surface area (Å²) in [5.74, 6) is -1.52. The summed E-state index contributed by atoms with van der Waals surface area (Å²) < 4.78 is 42.4. The third-order valence-corrected chi connectivity index (χ3v) is 5.77. The zero-order chi connectivity index (χ0) is 26.0. The number of nitrogens with zero attached hydrogens (tertiary/aromatic N) is 5. The standard InChI is InChI=1S/C26H24F3N5O2/c1-17-23(18(2)34(31-17)22-11-7-10-21(12-22)26(27,28)29)24(35)25(36)32(3)14-20-13-30-33(16-20)15-19-8-5-4-6-9-19/h4-13,16H,14-15H2,1-3H3. The van der Waals surface area contributed by atoms with E-state index < -0.39 is 23.4 Å². The molecule has 0 radical (unpaired) electrons. The molecular weight excluding hydrogens is 471 g/mol. The van der Waals surface area contributed by atoms with E-state index in [1.165, 1.54) is 28.8 Å². The lowest BCUT2D eigenvalue weighted by atomic mass is 10.1. The van der Waals surface area contributed by atoms with E-state index in [1.807, 2.05) is 36.5 Å². The molecular formula is C26H24F3N5O2. The summed E-state index contributed by atoms with van der Waals surface area (Å²) in [6, 6.07) is 14.4. The van der Waals surface area contributed by atoms with Gasteiger partial charge in [0.2, 0.25) is 0 Å². The second kappa shape index (κ2) is 9.80. The molecule has 0 saturated heterocycles. The topological polar surface area (TPSA) is 73.0 Å². The van der Waals surface area contributed by atoms with Gasteiger partial charge in [0.15, 0.2) is 0 Å². The Hall–Kier alpha value is -4.21. The van der Waals surface area contributed by atoms with Gasteiger partial charge in [0.25, 0.3) is 11.7 Å². The van der Waals surface area contributed by atoms with Crippen LogP contribution < -0.4 is 0 Å². The first-order valence-corrected chi connectivity index (χ1v) is 11.1. The van der Waals surface area contributed by atoms with Crippen LogP contribution in [-0.2, 0) is 24.1 Å². The minimum absolute atomic E-state index is 0.0732. The summed E-state index contributed by atoms with van der Waals surface area (Å²) in [7, 11) is 1.51. The maximum absolute atomic E-state index is 13.1. The van der Waals surface area contributed by atoms with E-state index in [9.17, 15) is 22.8 Å². The second-order valence-electron chi connectivity index (χ2n) is 8.53. The Balaban J connectivity index is 1.50. The third kappa shape index (κ3) is 5.22. The Morgan fingerprint density at radius 2 is 1.72 bits per heavy atom. The maximum atomic E-state index is 13.1. The largest absolute Gasteiger partial charge is 0.416 e. The molecule has 2 aromatic heterocycles. The lowest BCUT2D eigenvalue weighted by molar-refractivity contribution is -0.137. The highest BCUT2D eigenvalue weighted by molar-refractivity contribution is 6.43. The van der Waals surface area contributed by atoms with Crippen molar-refractivity contribution in [2.75, 3.05) is 7.05 Å². The molecule has 10 heteroatoms. The predicted octanol–water partition coefficient (Wildman–Crippen LogP) is 4.59. The molecule has 2 heterocycles. The van der Waals surface area contributed by atoms with Crippen LogP contribution in [0.15, 0.2) is 67.0 Å². The van der Waals surface area contributed by atoms with Crippen LogP contribution in [0, 0.1) is 13.8 Å². The number of aryl methyl sites for hydroxylation is 1. The zero-order valence-electron chi connectivity index (χ0n) is 20.0. The Labute approximate surface area is 205 Å². The van der Waals surface area contributed by atoms with E-state index in [2.05, 4.69) is 10.2 Å². The minimum atomic E-state index is -4.52. The average molecular weight is 496 g/mol. The lowest BCUT2D eigenvalue weighted by Crippen LogP contribution is -2.33. The van der Waals surface area contributed by atoms with E-state index in [-0.39, 0.29) is 29.2 Å². The van der Waals surface area contributed by atoms with Crippen molar-refractivity contribution >= 4 is 11.7 Å².